The number of nitrogens with one attached hydrogen (secondary N) is 1. The minimum absolute atomic E-state index is 0.0738. The number of rotatable bonds is 2. The van der Waals surface area contributed by atoms with Crippen molar-refractivity contribution in [1.29, 1.82) is 0 Å². The van der Waals surface area contributed by atoms with Crippen LogP contribution in [0.1, 0.15) is 32.1 Å². The molecule has 6 rings (SSSR count). The van der Waals surface area contributed by atoms with Gasteiger partial charge in [0.05, 0.1) is 17.2 Å². The Balaban J connectivity index is 1.55. The summed E-state index contributed by atoms with van der Waals surface area (Å²) in [7, 11) is 0. The molecule has 0 aliphatic heterocycles. The first-order chi connectivity index (χ1) is 11.1. The largest absolute Gasteiger partial charge is 0.388 e. The zero-order valence-corrected chi connectivity index (χ0v) is 13.6. The Morgan fingerprint density at radius 2 is 2.00 bits per heavy atom. The summed E-state index contributed by atoms with van der Waals surface area (Å²) in [5.41, 5.74) is 0.249. The highest BCUT2D eigenvalue weighted by Crippen LogP contribution is 2.56. The van der Waals surface area contributed by atoms with Crippen molar-refractivity contribution in [3.05, 3.63) is 29.5 Å². The number of aliphatic hydroxyl groups is 1. The van der Waals surface area contributed by atoms with Crippen LogP contribution >= 0.6 is 11.6 Å². The van der Waals surface area contributed by atoms with E-state index in [0.717, 1.165) is 29.6 Å². The fourth-order valence-electron chi connectivity index (χ4n) is 5.55. The molecule has 2 aromatic rings. The smallest absolute Gasteiger partial charge is 0.137 e. The maximum atomic E-state index is 11.2. The average molecular weight is 330 g/mol. The van der Waals surface area contributed by atoms with Gasteiger partial charge in [-0.25, -0.2) is 4.98 Å². The molecule has 4 aliphatic carbocycles. The fourth-order valence-corrected chi connectivity index (χ4v) is 5.74. The molecule has 4 fully saturated rings. The van der Waals surface area contributed by atoms with Gasteiger partial charge in [-0.2, -0.15) is 0 Å². The molecule has 0 spiro atoms. The molecule has 0 aromatic carbocycles. The first kappa shape index (κ1) is 14.0. The minimum atomic E-state index is -0.590. The van der Waals surface area contributed by atoms with E-state index in [2.05, 4.69) is 15.3 Å². The molecule has 5 heteroatoms. The predicted molar refractivity (Wildman–Crippen MR) is 90.5 cm³/mol. The summed E-state index contributed by atoms with van der Waals surface area (Å²) in [6, 6.07) is 5.78. The number of fused-ring (bicyclic) bond motifs is 1. The van der Waals surface area contributed by atoms with Crippen molar-refractivity contribution < 1.29 is 5.11 Å². The third-order valence-corrected chi connectivity index (χ3v) is 6.33. The van der Waals surface area contributed by atoms with Crippen LogP contribution in [-0.4, -0.2) is 26.7 Å². The molecule has 23 heavy (non-hydrogen) atoms. The number of hydrogen-bond acceptors (Lipinski definition) is 4. The molecule has 4 bridgehead atoms. The number of nitrogens with zero attached hydrogens (tertiary/aromatic N) is 2. The third-order valence-electron chi connectivity index (χ3n) is 6.13. The van der Waals surface area contributed by atoms with Gasteiger partial charge in [0.25, 0.3) is 0 Å². The van der Waals surface area contributed by atoms with Gasteiger partial charge in [0, 0.05) is 17.6 Å². The summed E-state index contributed by atoms with van der Waals surface area (Å²) < 4.78 is 0. The van der Waals surface area contributed by atoms with Crippen LogP contribution in [0.5, 0.6) is 0 Å². The number of halogens is 1. The van der Waals surface area contributed by atoms with Crippen LogP contribution in [0.4, 0.5) is 5.82 Å². The van der Waals surface area contributed by atoms with Crippen molar-refractivity contribution in [3.63, 3.8) is 0 Å². The molecule has 2 heterocycles. The monoisotopic (exact) mass is 329 g/mol. The van der Waals surface area contributed by atoms with Gasteiger partial charge in [-0.1, -0.05) is 11.6 Å². The molecule has 3 unspecified atom stereocenters. The Morgan fingerprint density at radius 3 is 2.74 bits per heavy atom. The van der Waals surface area contributed by atoms with Crippen LogP contribution in [0.25, 0.3) is 10.9 Å². The zero-order chi connectivity index (χ0) is 15.6. The second-order valence-electron chi connectivity index (χ2n) is 7.70. The Labute approximate surface area is 140 Å². The molecule has 0 saturated heterocycles. The van der Waals surface area contributed by atoms with Crippen LogP contribution in [-0.2, 0) is 0 Å². The molecular formula is C18H20ClN3O. The van der Waals surface area contributed by atoms with Gasteiger partial charge >= 0.3 is 0 Å². The van der Waals surface area contributed by atoms with E-state index in [4.69, 9.17) is 11.6 Å². The van der Waals surface area contributed by atoms with Gasteiger partial charge in [-0.05, 0) is 62.0 Å². The number of hydrogen-bond donors (Lipinski definition) is 2. The van der Waals surface area contributed by atoms with Crippen LogP contribution < -0.4 is 5.32 Å². The summed E-state index contributed by atoms with van der Waals surface area (Å²) in [6.45, 7) is 0. The second kappa shape index (κ2) is 4.81. The molecule has 4 aliphatic rings. The van der Waals surface area contributed by atoms with Crippen molar-refractivity contribution in [3.8, 4) is 0 Å². The van der Waals surface area contributed by atoms with Crippen molar-refractivity contribution in [2.24, 2.45) is 17.8 Å². The number of anilines is 1. The summed E-state index contributed by atoms with van der Waals surface area (Å²) in [4.78, 5) is 8.86. The van der Waals surface area contributed by atoms with Crippen LogP contribution in [0, 0.1) is 17.8 Å². The molecular weight excluding hydrogens is 310 g/mol. The lowest BCUT2D eigenvalue weighted by molar-refractivity contribution is -0.133. The molecule has 2 aromatic heterocycles. The van der Waals surface area contributed by atoms with Gasteiger partial charge in [0.15, 0.2) is 0 Å². The molecule has 4 nitrogen and oxygen atoms in total. The first-order valence-electron chi connectivity index (χ1n) is 8.51. The van der Waals surface area contributed by atoms with Gasteiger partial charge in [0.2, 0.25) is 0 Å². The molecule has 3 atom stereocenters. The van der Waals surface area contributed by atoms with Gasteiger partial charge in [-0.3, -0.25) is 4.98 Å². The first-order valence-corrected chi connectivity index (χ1v) is 8.89. The van der Waals surface area contributed by atoms with E-state index >= 15 is 0 Å². The van der Waals surface area contributed by atoms with E-state index in [1.807, 2.05) is 12.1 Å². The molecule has 0 radical (unpaired) electrons. The van der Waals surface area contributed by atoms with Crippen LogP contribution in [0.15, 0.2) is 24.4 Å². The maximum Gasteiger partial charge on any atom is 0.137 e. The SMILES string of the molecule is OC12CC3CC(CC(C3)C1Nc1nc(Cl)cc3ncccc13)C2. The third kappa shape index (κ3) is 2.15. The van der Waals surface area contributed by atoms with E-state index < -0.39 is 5.60 Å². The van der Waals surface area contributed by atoms with Crippen LogP contribution in [0.2, 0.25) is 5.15 Å². The van der Waals surface area contributed by atoms with Gasteiger partial charge in [0.1, 0.15) is 11.0 Å². The van der Waals surface area contributed by atoms with Gasteiger partial charge in [-0.15, -0.1) is 0 Å². The number of pyridine rings is 2. The highest BCUT2D eigenvalue weighted by molar-refractivity contribution is 6.30. The molecule has 4 saturated carbocycles. The molecule has 120 valence electrons. The highest BCUT2D eigenvalue weighted by Gasteiger charge is 2.56. The lowest BCUT2D eigenvalue weighted by atomic mass is 9.52. The van der Waals surface area contributed by atoms with E-state index in [-0.39, 0.29) is 6.04 Å². The Morgan fingerprint density at radius 1 is 1.22 bits per heavy atom. The quantitative estimate of drug-likeness (QED) is 0.826. The van der Waals surface area contributed by atoms with E-state index in [1.165, 1.54) is 19.3 Å². The van der Waals surface area contributed by atoms with Crippen molar-refractivity contribution >= 4 is 28.3 Å². The summed E-state index contributed by atoms with van der Waals surface area (Å²) in [5, 5.41) is 16.2. The van der Waals surface area contributed by atoms with Crippen molar-refractivity contribution in [2.75, 3.05) is 5.32 Å². The standard InChI is InChI=1S/C18H20ClN3O/c19-15-7-14-13(2-1-3-20-14)17(21-15)22-16-12-5-10-4-11(6-12)9-18(16,23)8-10/h1-3,7,10-12,16,23H,4-6,8-9H2,(H,21,22). The summed E-state index contributed by atoms with van der Waals surface area (Å²) in [6.07, 6.45) is 7.38. The minimum Gasteiger partial charge on any atom is -0.388 e. The summed E-state index contributed by atoms with van der Waals surface area (Å²) in [5.74, 6) is 2.72. The van der Waals surface area contributed by atoms with Crippen LogP contribution in [0.3, 0.4) is 0 Å². The highest BCUT2D eigenvalue weighted by atomic mass is 35.5. The topological polar surface area (TPSA) is 58.0 Å². The average Bonchev–Trinajstić information content (AvgIpc) is 2.49. The summed E-state index contributed by atoms with van der Waals surface area (Å²) >= 11 is 6.17. The molecule has 0 amide bonds. The Kier molecular flexibility index (Phi) is 2.92. The second-order valence-corrected chi connectivity index (χ2v) is 8.08. The normalized spacial score (nSPS) is 38.2. The van der Waals surface area contributed by atoms with Crippen molar-refractivity contribution in [2.45, 2.75) is 43.7 Å². The Hall–Kier alpha value is -1.39. The van der Waals surface area contributed by atoms with Gasteiger partial charge < -0.3 is 10.4 Å². The predicted octanol–water partition coefficient (Wildman–Crippen LogP) is 3.63. The van der Waals surface area contributed by atoms with E-state index in [0.29, 0.717) is 22.9 Å². The molecule has 2 N–H and O–H groups in total. The lowest BCUT2D eigenvalue weighted by Gasteiger charge is -2.59. The lowest BCUT2D eigenvalue weighted by Crippen LogP contribution is -2.63. The fraction of sp³-hybridized carbons (Fsp3) is 0.556. The maximum absolute atomic E-state index is 11.2. The van der Waals surface area contributed by atoms with E-state index in [9.17, 15) is 5.11 Å². The number of aromatic nitrogens is 2. The zero-order valence-electron chi connectivity index (χ0n) is 12.9. The van der Waals surface area contributed by atoms with Crippen molar-refractivity contribution in [1.82, 2.24) is 9.97 Å². The van der Waals surface area contributed by atoms with E-state index in [1.54, 1.807) is 12.3 Å². The Bertz CT molecular complexity index is 766.